The summed E-state index contributed by atoms with van der Waals surface area (Å²) in [6.07, 6.45) is 4.30. The van der Waals surface area contributed by atoms with Gasteiger partial charge in [-0.3, -0.25) is 4.79 Å². The molecule has 0 aliphatic carbocycles. The van der Waals surface area contributed by atoms with E-state index in [1.165, 1.54) is 5.56 Å². The van der Waals surface area contributed by atoms with Gasteiger partial charge in [0.1, 0.15) is 0 Å². The van der Waals surface area contributed by atoms with Gasteiger partial charge in [-0.2, -0.15) is 0 Å². The highest BCUT2D eigenvalue weighted by Gasteiger charge is 2.31. The lowest BCUT2D eigenvalue weighted by molar-refractivity contribution is -0.129. The van der Waals surface area contributed by atoms with E-state index in [0.29, 0.717) is 13.1 Å². The fraction of sp³-hybridized carbons (Fsp3) is 0.533. The summed E-state index contributed by atoms with van der Waals surface area (Å²) in [7, 11) is 0. The van der Waals surface area contributed by atoms with Gasteiger partial charge in [0.25, 0.3) is 6.47 Å². The summed E-state index contributed by atoms with van der Waals surface area (Å²) < 4.78 is 6.02. The third-order valence-corrected chi connectivity index (χ3v) is 4.50. The number of carbonyl (C=O) groups is 1. The largest absolute Gasteiger partial charge is 0.468 e. The molecule has 0 atom stereocenters. The standard InChI is InChI=1S/C15H20BrNO2.ClH/c16-14-3-1-13(2-4-14)11-15(7-10-19-12-18)5-8-17-9-6-15;/h1-4,12,17H,5-11H2;1H. The van der Waals surface area contributed by atoms with Gasteiger partial charge < -0.3 is 10.1 Å². The number of carbonyl (C=O) groups excluding carboxylic acids is 1. The van der Waals surface area contributed by atoms with E-state index in [9.17, 15) is 4.79 Å². The van der Waals surface area contributed by atoms with E-state index in [4.69, 9.17) is 4.74 Å². The van der Waals surface area contributed by atoms with Crippen LogP contribution in [0.4, 0.5) is 0 Å². The van der Waals surface area contributed by atoms with Crippen LogP contribution in [0.3, 0.4) is 0 Å². The third-order valence-electron chi connectivity index (χ3n) is 3.97. The summed E-state index contributed by atoms with van der Waals surface area (Å²) in [6.45, 7) is 3.18. The summed E-state index contributed by atoms with van der Waals surface area (Å²) in [5.74, 6) is 0. The van der Waals surface area contributed by atoms with E-state index >= 15 is 0 Å². The maximum Gasteiger partial charge on any atom is 0.293 e. The fourth-order valence-electron chi connectivity index (χ4n) is 2.83. The Kier molecular flexibility index (Phi) is 7.56. The highest BCUT2D eigenvalue weighted by atomic mass is 79.9. The van der Waals surface area contributed by atoms with Crippen molar-refractivity contribution in [3.8, 4) is 0 Å². The molecule has 0 spiro atoms. The van der Waals surface area contributed by atoms with Crippen molar-refractivity contribution in [1.82, 2.24) is 5.32 Å². The number of benzene rings is 1. The second-order valence-corrected chi connectivity index (χ2v) is 6.19. The van der Waals surface area contributed by atoms with Gasteiger partial charge >= 0.3 is 0 Å². The van der Waals surface area contributed by atoms with Crippen LogP contribution >= 0.6 is 28.3 Å². The van der Waals surface area contributed by atoms with Crippen LogP contribution in [-0.2, 0) is 16.0 Å². The van der Waals surface area contributed by atoms with Crippen molar-refractivity contribution in [3.63, 3.8) is 0 Å². The Bertz CT molecular complexity index is 405. The lowest BCUT2D eigenvalue weighted by Gasteiger charge is -2.37. The van der Waals surface area contributed by atoms with Crippen molar-refractivity contribution in [2.45, 2.75) is 25.7 Å². The smallest absolute Gasteiger partial charge is 0.293 e. The molecular formula is C15H21BrClNO2. The molecule has 0 saturated carbocycles. The first-order chi connectivity index (χ1) is 9.24. The number of nitrogens with one attached hydrogen (secondary N) is 1. The van der Waals surface area contributed by atoms with E-state index < -0.39 is 0 Å². The second kappa shape index (κ2) is 8.65. The summed E-state index contributed by atoms with van der Waals surface area (Å²) in [6, 6.07) is 8.53. The molecule has 112 valence electrons. The molecule has 0 bridgehead atoms. The summed E-state index contributed by atoms with van der Waals surface area (Å²) in [4.78, 5) is 10.3. The number of halogens is 2. The molecule has 0 unspecified atom stereocenters. The molecule has 0 radical (unpaired) electrons. The molecule has 1 aromatic rings. The maximum atomic E-state index is 10.3. The van der Waals surface area contributed by atoms with Gasteiger partial charge in [0.15, 0.2) is 0 Å². The first kappa shape index (κ1) is 17.5. The summed E-state index contributed by atoms with van der Waals surface area (Å²) in [5.41, 5.74) is 1.62. The Morgan fingerprint density at radius 1 is 1.25 bits per heavy atom. The molecule has 1 fully saturated rings. The van der Waals surface area contributed by atoms with Crippen molar-refractivity contribution in [1.29, 1.82) is 0 Å². The summed E-state index contributed by atoms with van der Waals surface area (Å²) in [5, 5.41) is 3.41. The highest BCUT2D eigenvalue weighted by molar-refractivity contribution is 9.10. The van der Waals surface area contributed by atoms with Crippen LogP contribution in [-0.4, -0.2) is 26.2 Å². The maximum absolute atomic E-state index is 10.3. The van der Waals surface area contributed by atoms with E-state index in [1.807, 2.05) is 0 Å². The van der Waals surface area contributed by atoms with Gasteiger partial charge in [-0.25, -0.2) is 0 Å². The zero-order chi connectivity index (χ0) is 13.6. The van der Waals surface area contributed by atoms with Gasteiger partial charge in [0.2, 0.25) is 0 Å². The number of ether oxygens (including phenoxy) is 1. The molecule has 1 N–H and O–H groups in total. The average Bonchev–Trinajstić information content (AvgIpc) is 2.43. The number of hydrogen-bond donors (Lipinski definition) is 1. The zero-order valence-electron chi connectivity index (χ0n) is 11.4. The minimum Gasteiger partial charge on any atom is -0.468 e. The molecule has 3 nitrogen and oxygen atoms in total. The van der Waals surface area contributed by atoms with E-state index in [1.54, 1.807) is 0 Å². The molecule has 5 heteroatoms. The van der Waals surface area contributed by atoms with Crippen LogP contribution in [0.25, 0.3) is 0 Å². The predicted octanol–water partition coefficient (Wildman–Crippen LogP) is 3.35. The monoisotopic (exact) mass is 361 g/mol. The number of hydrogen-bond acceptors (Lipinski definition) is 3. The first-order valence-corrected chi connectivity index (χ1v) is 7.54. The molecule has 1 aliphatic heterocycles. The Morgan fingerprint density at radius 3 is 2.50 bits per heavy atom. The van der Waals surface area contributed by atoms with Gasteiger partial charge in [-0.05, 0) is 61.9 Å². The van der Waals surface area contributed by atoms with Crippen LogP contribution in [0.2, 0.25) is 0 Å². The van der Waals surface area contributed by atoms with Gasteiger partial charge in [-0.15, -0.1) is 12.4 Å². The van der Waals surface area contributed by atoms with Crippen LogP contribution in [0.1, 0.15) is 24.8 Å². The molecule has 1 saturated heterocycles. The molecule has 1 aromatic carbocycles. The normalized spacial score (nSPS) is 17.1. The molecule has 2 rings (SSSR count). The van der Waals surface area contributed by atoms with Crippen molar-refractivity contribution in [3.05, 3.63) is 34.3 Å². The minimum absolute atomic E-state index is 0. The van der Waals surface area contributed by atoms with Crippen molar-refractivity contribution in [2.75, 3.05) is 19.7 Å². The van der Waals surface area contributed by atoms with Gasteiger partial charge in [-0.1, -0.05) is 28.1 Å². The lowest BCUT2D eigenvalue weighted by Crippen LogP contribution is -2.39. The summed E-state index contributed by atoms with van der Waals surface area (Å²) >= 11 is 3.47. The van der Waals surface area contributed by atoms with Gasteiger partial charge in [0, 0.05) is 4.47 Å². The van der Waals surface area contributed by atoms with E-state index in [-0.39, 0.29) is 17.8 Å². The Labute approximate surface area is 135 Å². The Balaban J connectivity index is 0.00000200. The molecule has 20 heavy (non-hydrogen) atoms. The van der Waals surface area contributed by atoms with Gasteiger partial charge in [0.05, 0.1) is 6.61 Å². The van der Waals surface area contributed by atoms with Crippen molar-refractivity contribution >= 4 is 34.8 Å². The van der Waals surface area contributed by atoms with Crippen LogP contribution in [0.15, 0.2) is 28.7 Å². The number of rotatable bonds is 6. The molecule has 1 aliphatic rings. The van der Waals surface area contributed by atoms with Crippen LogP contribution in [0, 0.1) is 5.41 Å². The SMILES string of the molecule is Cl.O=COCCC1(Cc2ccc(Br)cc2)CCNCC1. The minimum atomic E-state index is 0. The van der Waals surface area contributed by atoms with Crippen LogP contribution < -0.4 is 5.32 Å². The fourth-order valence-corrected chi connectivity index (χ4v) is 3.10. The van der Waals surface area contributed by atoms with Crippen molar-refractivity contribution in [2.24, 2.45) is 5.41 Å². The predicted molar refractivity (Wildman–Crippen MR) is 86.3 cm³/mol. The van der Waals surface area contributed by atoms with E-state index in [2.05, 4.69) is 45.5 Å². The molecule has 1 heterocycles. The zero-order valence-corrected chi connectivity index (χ0v) is 13.8. The molecular weight excluding hydrogens is 342 g/mol. The lowest BCUT2D eigenvalue weighted by atomic mass is 9.72. The average molecular weight is 363 g/mol. The quantitative estimate of drug-likeness (QED) is 0.623. The van der Waals surface area contributed by atoms with E-state index in [0.717, 1.165) is 43.2 Å². The Hall–Kier alpha value is -0.580. The second-order valence-electron chi connectivity index (χ2n) is 5.27. The first-order valence-electron chi connectivity index (χ1n) is 6.75. The molecule has 0 aromatic heterocycles. The number of piperidine rings is 1. The molecule has 0 amide bonds. The third kappa shape index (κ3) is 5.08. The van der Waals surface area contributed by atoms with Crippen LogP contribution in [0.5, 0.6) is 0 Å². The highest BCUT2D eigenvalue weighted by Crippen LogP contribution is 2.36. The van der Waals surface area contributed by atoms with Crippen molar-refractivity contribution < 1.29 is 9.53 Å². The Morgan fingerprint density at radius 2 is 1.90 bits per heavy atom. The topological polar surface area (TPSA) is 38.3 Å².